The van der Waals surface area contributed by atoms with Crippen LogP contribution < -0.4 is 0 Å². The van der Waals surface area contributed by atoms with Crippen molar-refractivity contribution in [3.63, 3.8) is 0 Å². The largest absolute Gasteiger partial charge is 0.508 e. The zero-order valence-electron chi connectivity index (χ0n) is 28.3. The fraction of sp³-hybridized carbons (Fsp3) is 0.227. The van der Waals surface area contributed by atoms with Crippen LogP contribution >= 0.6 is 0 Å². The highest BCUT2D eigenvalue weighted by Crippen LogP contribution is 2.44. The first-order valence-electron chi connectivity index (χ1n) is 17.3. The minimum Gasteiger partial charge on any atom is -0.508 e. The minimum atomic E-state index is -0.818. The predicted molar refractivity (Wildman–Crippen MR) is 196 cm³/mol. The molecule has 0 amide bonds. The lowest BCUT2D eigenvalue weighted by atomic mass is 9.87. The van der Waals surface area contributed by atoms with Gasteiger partial charge in [0.25, 0.3) is 0 Å². The van der Waals surface area contributed by atoms with Gasteiger partial charge >= 0.3 is 0 Å². The van der Waals surface area contributed by atoms with E-state index >= 15 is 0 Å². The normalized spacial score (nSPS) is 20.4. The monoisotopic (exact) mass is 682 g/mol. The maximum Gasteiger partial charge on any atom is 0.122 e. The molecule has 6 aromatic rings. The summed E-state index contributed by atoms with van der Waals surface area (Å²) in [6, 6.07) is 48.5. The number of fused-ring (bicyclic) bond motifs is 1. The maximum absolute atomic E-state index is 11.6. The van der Waals surface area contributed by atoms with Crippen molar-refractivity contribution in [1.29, 1.82) is 0 Å². The third-order valence-electron chi connectivity index (χ3n) is 9.19. The number of hydrogen-bond donors (Lipinski definition) is 2. The van der Waals surface area contributed by atoms with E-state index in [0.29, 0.717) is 30.8 Å². The zero-order chi connectivity index (χ0) is 34.8. The maximum atomic E-state index is 11.6. The van der Waals surface area contributed by atoms with Crippen LogP contribution in [0.5, 0.6) is 11.5 Å². The second kappa shape index (κ2) is 16.8. The zero-order valence-corrected chi connectivity index (χ0v) is 28.3. The highest BCUT2D eigenvalue weighted by atomic mass is 16.6. The number of rotatable bonds is 14. The lowest BCUT2D eigenvalue weighted by molar-refractivity contribution is -0.275. The van der Waals surface area contributed by atoms with Gasteiger partial charge in [0.1, 0.15) is 42.0 Å². The first-order chi connectivity index (χ1) is 25.1. The van der Waals surface area contributed by atoms with Crippen LogP contribution in [0.15, 0.2) is 152 Å². The van der Waals surface area contributed by atoms with Gasteiger partial charge in [0, 0.05) is 5.56 Å². The van der Waals surface area contributed by atoms with Crippen LogP contribution in [0.2, 0.25) is 0 Å². The van der Waals surface area contributed by atoms with Crippen LogP contribution in [0.4, 0.5) is 0 Å². The molecule has 2 N–H and O–H groups in total. The molecule has 7 rings (SSSR count). The van der Waals surface area contributed by atoms with Gasteiger partial charge in [0.2, 0.25) is 0 Å². The SMILES string of the molecule is Oc1ccc2ccc(O)c([C@@H]3OC(COCc4ccccc4)[C@@H](OCc4ccccc4)C(OCc4ccccc4)C3OCc3ccccc3)c2c1. The van der Waals surface area contributed by atoms with Crippen LogP contribution in [0, 0.1) is 0 Å². The molecule has 0 radical (unpaired) electrons. The van der Waals surface area contributed by atoms with Gasteiger partial charge in [0.15, 0.2) is 0 Å². The number of ether oxygens (including phenoxy) is 5. The third-order valence-corrected chi connectivity index (χ3v) is 9.19. The number of phenolic OH excluding ortho intramolecular Hbond substituents is 2. The molecule has 0 saturated carbocycles. The summed E-state index contributed by atoms with van der Waals surface area (Å²) in [5, 5.41) is 23.7. The predicted octanol–water partition coefficient (Wildman–Crippen LogP) is 8.66. The molecule has 6 aromatic carbocycles. The smallest absolute Gasteiger partial charge is 0.122 e. The summed E-state index contributed by atoms with van der Waals surface area (Å²) in [5.41, 5.74) is 4.53. The highest BCUT2D eigenvalue weighted by molar-refractivity contribution is 5.89. The van der Waals surface area contributed by atoms with Crippen molar-refractivity contribution >= 4 is 10.8 Å². The Balaban J connectivity index is 1.31. The Morgan fingerprint density at radius 2 is 0.961 bits per heavy atom. The van der Waals surface area contributed by atoms with Crippen molar-refractivity contribution in [1.82, 2.24) is 0 Å². The standard InChI is InChI=1S/C44H42O7/c45-36-23-21-35-22-24-38(46)40(37(35)25-36)42-44(50-29-34-19-11-4-12-20-34)43(49-28-33-17-9-3-10-18-33)41(48-27-32-15-7-2-8-16-32)39(51-42)30-47-26-31-13-5-1-6-14-31/h1-25,39,41-46H,26-30H2/t39?,41-,42+,43?,44?/m1/s1. The van der Waals surface area contributed by atoms with Crippen LogP contribution in [0.3, 0.4) is 0 Å². The third kappa shape index (κ3) is 8.66. The average molecular weight is 683 g/mol. The first kappa shape index (κ1) is 34.4. The van der Waals surface area contributed by atoms with Crippen molar-refractivity contribution in [2.75, 3.05) is 6.61 Å². The molecule has 5 atom stereocenters. The van der Waals surface area contributed by atoms with Gasteiger partial charge in [0.05, 0.1) is 33.0 Å². The molecule has 0 aromatic heterocycles. The molecule has 1 aliphatic rings. The van der Waals surface area contributed by atoms with Crippen LogP contribution in [0.25, 0.3) is 10.8 Å². The Labute approximate surface area is 298 Å². The van der Waals surface area contributed by atoms with E-state index in [9.17, 15) is 10.2 Å². The van der Waals surface area contributed by atoms with E-state index in [1.807, 2.05) is 133 Å². The Bertz CT molecular complexity index is 1950. The van der Waals surface area contributed by atoms with E-state index in [-0.39, 0.29) is 24.7 Å². The van der Waals surface area contributed by atoms with E-state index in [2.05, 4.69) is 0 Å². The molecule has 0 bridgehead atoms. The first-order valence-corrected chi connectivity index (χ1v) is 17.3. The molecule has 1 heterocycles. The number of benzene rings is 6. The van der Waals surface area contributed by atoms with Gasteiger partial charge in [-0.1, -0.05) is 133 Å². The second-order valence-corrected chi connectivity index (χ2v) is 12.8. The van der Waals surface area contributed by atoms with Gasteiger partial charge in [-0.3, -0.25) is 0 Å². The van der Waals surface area contributed by atoms with E-state index in [0.717, 1.165) is 27.6 Å². The summed E-state index contributed by atoms with van der Waals surface area (Å²) in [6.45, 7) is 1.47. The Kier molecular flexibility index (Phi) is 11.3. The van der Waals surface area contributed by atoms with Crippen molar-refractivity contribution in [3.8, 4) is 11.5 Å². The van der Waals surface area contributed by atoms with Crippen molar-refractivity contribution in [2.24, 2.45) is 0 Å². The Morgan fingerprint density at radius 1 is 0.490 bits per heavy atom. The lowest BCUT2D eigenvalue weighted by Gasteiger charge is -2.46. The topological polar surface area (TPSA) is 86.6 Å². The molecular weight excluding hydrogens is 640 g/mol. The second-order valence-electron chi connectivity index (χ2n) is 12.8. The van der Waals surface area contributed by atoms with E-state index in [1.165, 1.54) is 0 Å². The Morgan fingerprint density at radius 3 is 1.51 bits per heavy atom. The fourth-order valence-electron chi connectivity index (χ4n) is 6.64. The van der Waals surface area contributed by atoms with E-state index in [4.69, 9.17) is 23.7 Å². The molecule has 260 valence electrons. The lowest BCUT2D eigenvalue weighted by Crippen LogP contribution is -2.58. The molecule has 0 spiro atoms. The summed E-state index contributed by atoms with van der Waals surface area (Å²) < 4.78 is 33.8. The number of hydrogen-bond acceptors (Lipinski definition) is 7. The van der Waals surface area contributed by atoms with Crippen molar-refractivity contribution < 1.29 is 33.9 Å². The molecule has 7 nitrogen and oxygen atoms in total. The summed E-state index contributed by atoms with van der Waals surface area (Å²) in [6.07, 6.45) is -3.45. The molecule has 1 saturated heterocycles. The van der Waals surface area contributed by atoms with Crippen LogP contribution in [-0.4, -0.2) is 41.2 Å². The van der Waals surface area contributed by atoms with Crippen LogP contribution in [0.1, 0.15) is 33.9 Å². The van der Waals surface area contributed by atoms with Crippen LogP contribution in [-0.2, 0) is 50.1 Å². The van der Waals surface area contributed by atoms with E-state index < -0.39 is 30.5 Å². The summed E-state index contributed by atoms with van der Waals surface area (Å²) in [7, 11) is 0. The van der Waals surface area contributed by atoms with Gasteiger partial charge in [-0.15, -0.1) is 0 Å². The molecule has 3 unspecified atom stereocenters. The molecular formula is C44H42O7. The summed E-state index contributed by atoms with van der Waals surface area (Å²) in [5.74, 6) is 0.108. The summed E-state index contributed by atoms with van der Waals surface area (Å²) in [4.78, 5) is 0. The van der Waals surface area contributed by atoms with Gasteiger partial charge < -0.3 is 33.9 Å². The summed E-state index contributed by atoms with van der Waals surface area (Å²) >= 11 is 0. The van der Waals surface area contributed by atoms with Gasteiger partial charge in [-0.25, -0.2) is 0 Å². The molecule has 1 fully saturated rings. The minimum absolute atomic E-state index is 0.0285. The average Bonchev–Trinajstić information content (AvgIpc) is 3.17. The van der Waals surface area contributed by atoms with Gasteiger partial charge in [-0.2, -0.15) is 0 Å². The fourth-order valence-corrected chi connectivity index (χ4v) is 6.64. The number of phenols is 2. The number of aromatic hydroxyl groups is 2. The van der Waals surface area contributed by atoms with E-state index in [1.54, 1.807) is 18.2 Å². The molecule has 0 aliphatic carbocycles. The molecule has 7 heteroatoms. The Hall–Kier alpha value is -5.02. The quantitative estimate of drug-likeness (QED) is 0.119. The highest BCUT2D eigenvalue weighted by Gasteiger charge is 2.50. The van der Waals surface area contributed by atoms with Crippen molar-refractivity contribution in [2.45, 2.75) is 56.9 Å². The molecule has 1 aliphatic heterocycles. The van der Waals surface area contributed by atoms with Crippen molar-refractivity contribution in [3.05, 3.63) is 179 Å². The van der Waals surface area contributed by atoms with Gasteiger partial charge in [-0.05, 0) is 51.2 Å². The molecule has 51 heavy (non-hydrogen) atoms.